The van der Waals surface area contributed by atoms with Crippen LogP contribution in [0.1, 0.15) is 5.82 Å². The molecule has 108 valence electrons. The third-order valence-corrected chi connectivity index (χ3v) is 4.55. The van der Waals surface area contributed by atoms with E-state index in [4.69, 9.17) is 16.3 Å². The molecule has 1 unspecified atom stereocenters. The van der Waals surface area contributed by atoms with Crippen molar-refractivity contribution in [3.05, 3.63) is 27.6 Å². The highest BCUT2D eigenvalue weighted by Crippen LogP contribution is 2.21. The number of rotatable bonds is 3. The minimum atomic E-state index is 0.201. The molecule has 2 heterocycles. The minimum Gasteiger partial charge on any atom is -0.374 e. The van der Waals surface area contributed by atoms with Crippen LogP contribution >= 0.6 is 34.2 Å². The predicted molar refractivity (Wildman–Crippen MR) is 89.2 cm³/mol. The van der Waals surface area contributed by atoms with Gasteiger partial charge in [-0.25, -0.2) is 4.98 Å². The first-order valence-corrected chi connectivity index (χ1v) is 8.29. The molecule has 1 fully saturated rings. The van der Waals surface area contributed by atoms with E-state index < -0.39 is 0 Å². The summed E-state index contributed by atoms with van der Waals surface area (Å²) in [6.07, 6.45) is 0.201. The Balaban J connectivity index is 1.93. The number of ether oxygens (including phenoxy) is 1. The van der Waals surface area contributed by atoms with Crippen molar-refractivity contribution in [2.45, 2.75) is 18.5 Å². The van der Waals surface area contributed by atoms with Gasteiger partial charge in [0.05, 0.1) is 36.2 Å². The van der Waals surface area contributed by atoms with Crippen LogP contribution in [0.5, 0.6) is 0 Å². The van der Waals surface area contributed by atoms with Crippen molar-refractivity contribution >= 4 is 45.2 Å². The lowest BCUT2D eigenvalue weighted by Crippen LogP contribution is -2.42. The number of hydrogen-bond acceptors (Lipinski definition) is 3. The SMILES string of the molecule is CN1CCOC(Cn2c(CCl)nc3cc(I)ccc32)C1. The number of alkyl halides is 1. The van der Waals surface area contributed by atoms with Gasteiger partial charge in [0.2, 0.25) is 0 Å². The molecule has 0 amide bonds. The molecular formula is C14H17ClIN3O. The molecule has 3 rings (SSSR count). The smallest absolute Gasteiger partial charge is 0.124 e. The fourth-order valence-corrected chi connectivity index (χ4v) is 3.32. The molecule has 0 spiro atoms. The number of nitrogens with zero attached hydrogens (tertiary/aromatic N) is 3. The van der Waals surface area contributed by atoms with Gasteiger partial charge in [-0.2, -0.15) is 0 Å². The van der Waals surface area contributed by atoms with E-state index in [1.165, 1.54) is 3.57 Å². The van der Waals surface area contributed by atoms with Crippen molar-refractivity contribution in [2.75, 3.05) is 26.7 Å². The maximum Gasteiger partial charge on any atom is 0.124 e. The van der Waals surface area contributed by atoms with E-state index >= 15 is 0 Å². The van der Waals surface area contributed by atoms with Crippen molar-refractivity contribution in [3.8, 4) is 0 Å². The number of aromatic nitrogens is 2. The van der Waals surface area contributed by atoms with Crippen molar-refractivity contribution < 1.29 is 4.74 Å². The molecule has 0 bridgehead atoms. The van der Waals surface area contributed by atoms with E-state index in [0.717, 1.165) is 43.1 Å². The summed E-state index contributed by atoms with van der Waals surface area (Å²) in [5.74, 6) is 1.34. The zero-order valence-electron chi connectivity index (χ0n) is 11.4. The average molecular weight is 406 g/mol. The Morgan fingerprint density at radius 3 is 3.10 bits per heavy atom. The fraction of sp³-hybridized carbons (Fsp3) is 0.500. The van der Waals surface area contributed by atoms with Crippen LogP contribution in [0.3, 0.4) is 0 Å². The Labute approximate surface area is 137 Å². The van der Waals surface area contributed by atoms with Crippen molar-refractivity contribution in [1.29, 1.82) is 0 Å². The number of morpholine rings is 1. The predicted octanol–water partition coefficient (Wildman–Crippen LogP) is 2.71. The lowest BCUT2D eigenvalue weighted by molar-refractivity contribution is -0.0272. The van der Waals surface area contributed by atoms with Crippen molar-refractivity contribution in [2.24, 2.45) is 0 Å². The first-order valence-electron chi connectivity index (χ1n) is 6.68. The van der Waals surface area contributed by atoms with E-state index in [9.17, 15) is 0 Å². The average Bonchev–Trinajstić information content (AvgIpc) is 2.76. The summed E-state index contributed by atoms with van der Waals surface area (Å²) in [6.45, 7) is 3.55. The number of halogens is 2. The Bertz CT molecular complexity index is 616. The van der Waals surface area contributed by atoms with E-state index in [1.807, 2.05) is 0 Å². The van der Waals surface area contributed by atoms with Gasteiger partial charge in [-0.3, -0.25) is 0 Å². The van der Waals surface area contributed by atoms with Crippen molar-refractivity contribution in [1.82, 2.24) is 14.5 Å². The van der Waals surface area contributed by atoms with Gasteiger partial charge in [0, 0.05) is 16.7 Å². The number of benzene rings is 1. The monoisotopic (exact) mass is 405 g/mol. The van der Waals surface area contributed by atoms with E-state index in [1.54, 1.807) is 0 Å². The molecule has 0 N–H and O–H groups in total. The van der Waals surface area contributed by atoms with Gasteiger partial charge in [-0.15, -0.1) is 11.6 Å². The summed E-state index contributed by atoms with van der Waals surface area (Å²) in [5, 5.41) is 0. The second-order valence-electron chi connectivity index (χ2n) is 5.16. The maximum atomic E-state index is 6.05. The van der Waals surface area contributed by atoms with Crippen LogP contribution in [0, 0.1) is 3.57 Å². The lowest BCUT2D eigenvalue weighted by atomic mass is 10.2. The Hall–Kier alpha value is -0.370. The van der Waals surface area contributed by atoms with Crippen LogP contribution in [0.4, 0.5) is 0 Å². The molecule has 6 heteroatoms. The topological polar surface area (TPSA) is 30.3 Å². The third-order valence-electron chi connectivity index (χ3n) is 3.64. The molecular weight excluding hydrogens is 389 g/mol. The molecule has 1 aliphatic rings. The van der Waals surface area contributed by atoms with E-state index in [2.05, 4.69) is 62.3 Å². The standard InChI is InChI=1S/C14H17ClIN3O/c1-18-4-5-20-11(8-18)9-19-13-3-2-10(16)6-12(13)17-14(19)7-15/h2-3,6,11H,4-5,7-9H2,1H3. The summed E-state index contributed by atoms with van der Waals surface area (Å²) < 4.78 is 9.25. The summed E-state index contributed by atoms with van der Waals surface area (Å²) >= 11 is 8.36. The highest BCUT2D eigenvalue weighted by Gasteiger charge is 2.20. The zero-order chi connectivity index (χ0) is 14.1. The molecule has 4 nitrogen and oxygen atoms in total. The summed E-state index contributed by atoms with van der Waals surface area (Å²) in [5.41, 5.74) is 2.15. The van der Waals surface area contributed by atoms with Crippen molar-refractivity contribution in [3.63, 3.8) is 0 Å². The first kappa shape index (κ1) is 14.6. The molecule has 20 heavy (non-hydrogen) atoms. The van der Waals surface area contributed by atoms with Crippen LogP contribution in [0.2, 0.25) is 0 Å². The molecule has 1 aliphatic heterocycles. The molecule has 1 aromatic carbocycles. The molecule has 1 atom stereocenters. The zero-order valence-corrected chi connectivity index (χ0v) is 14.3. The van der Waals surface area contributed by atoms with Crippen LogP contribution in [-0.4, -0.2) is 47.3 Å². The normalized spacial score (nSPS) is 20.6. The second kappa shape index (κ2) is 6.17. The number of likely N-dealkylation sites (N-methyl/N-ethyl adjacent to an activating group) is 1. The van der Waals surface area contributed by atoms with Crippen LogP contribution in [0.15, 0.2) is 18.2 Å². The summed E-state index contributed by atoms with van der Waals surface area (Å²) in [4.78, 5) is 6.94. The molecule has 0 aliphatic carbocycles. The molecule has 2 aromatic rings. The largest absolute Gasteiger partial charge is 0.374 e. The van der Waals surface area contributed by atoms with Gasteiger partial charge < -0.3 is 14.2 Å². The quantitative estimate of drug-likeness (QED) is 0.581. The summed E-state index contributed by atoms with van der Waals surface area (Å²) in [6, 6.07) is 6.32. The second-order valence-corrected chi connectivity index (χ2v) is 6.67. The highest BCUT2D eigenvalue weighted by atomic mass is 127. The Morgan fingerprint density at radius 2 is 2.35 bits per heavy atom. The maximum absolute atomic E-state index is 6.05. The van der Waals surface area contributed by atoms with E-state index in [-0.39, 0.29) is 6.10 Å². The molecule has 1 saturated heterocycles. The van der Waals surface area contributed by atoms with Gasteiger partial charge in [-0.05, 0) is 47.8 Å². The summed E-state index contributed by atoms with van der Waals surface area (Å²) in [7, 11) is 2.13. The van der Waals surface area contributed by atoms with Crippen LogP contribution in [-0.2, 0) is 17.2 Å². The Morgan fingerprint density at radius 1 is 1.50 bits per heavy atom. The number of fused-ring (bicyclic) bond motifs is 1. The van der Waals surface area contributed by atoms with Gasteiger partial charge in [-0.1, -0.05) is 0 Å². The fourth-order valence-electron chi connectivity index (χ4n) is 2.64. The van der Waals surface area contributed by atoms with Gasteiger partial charge >= 0.3 is 0 Å². The van der Waals surface area contributed by atoms with Crippen LogP contribution < -0.4 is 0 Å². The number of imidazole rings is 1. The Kier molecular flexibility index (Phi) is 4.49. The number of hydrogen-bond donors (Lipinski definition) is 0. The van der Waals surface area contributed by atoms with Gasteiger partial charge in [0.1, 0.15) is 5.82 Å². The van der Waals surface area contributed by atoms with Crippen LogP contribution in [0.25, 0.3) is 11.0 Å². The molecule has 0 radical (unpaired) electrons. The van der Waals surface area contributed by atoms with Gasteiger partial charge in [0.15, 0.2) is 0 Å². The highest BCUT2D eigenvalue weighted by molar-refractivity contribution is 14.1. The molecule has 0 saturated carbocycles. The first-order chi connectivity index (χ1) is 9.67. The third kappa shape index (κ3) is 2.95. The molecule has 1 aromatic heterocycles. The van der Waals surface area contributed by atoms with E-state index in [0.29, 0.717) is 5.88 Å². The minimum absolute atomic E-state index is 0.201. The lowest BCUT2D eigenvalue weighted by Gasteiger charge is -2.30. The van der Waals surface area contributed by atoms with Gasteiger partial charge in [0.25, 0.3) is 0 Å².